The number of hydrogen-bond donors (Lipinski definition) is 1. The average molecular weight is 358 g/mol. The van der Waals surface area contributed by atoms with Gasteiger partial charge in [0.15, 0.2) is 9.84 Å². The summed E-state index contributed by atoms with van der Waals surface area (Å²) < 4.78 is 36.9. The Morgan fingerprint density at radius 1 is 1.12 bits per heavy atom. The van der Waals surface area contributed by atoms with Crippen LogP contribution < -0.4 is 5.32 Å². The lowest BCUT2D eigenvalue weighted by molar-refractivity contribution is -0.132. The number of nitrogens with one attached hydrogen (secondary N) is 1. The maximum atomic E-state index is 12.8. The van der Waals surface area contributed by atoms with Crippen molar-refractivity contribution in [2.24, 2.45) is 0 Å². The second-order valence-electron chi connectivity index (χ2n) is 6.40. The van der Waals surface area contributed by atoms with E-state index in [0.717, 1.165) is 12.1 Å². The number of benzene rings is 1. The second kappa shape index (κ2) is 7.74. The van der Waals surface area contributed by atoms with Crippen LogP contribution in [0.15, 0.2) is 24.3 Å². The van der Waals surface area contributed by atoms with Gasteiger partial charge in [0.05, 0.1) is 0 Å². The van der Waals surface area contributed by atoms with E-state index in [1.165, 1.54) is 17.0 Å². The molecular weight excluding hydrogens is 335 g/mol. The quantitative estimate of drug-likeness (QED) is 0.841. The number of nitrogens with zero attached hydrogens (tertiary/aromatic N) is 1. The first-order valence-corrected chi connectivity index (χ1v) is 9.33. The van der Waals surface area contributed by atoms with Crippen LogP contribution in [-0.4, -0.2) is 48.7 Å². The number of anilines is 1. The largest absolute Gasteiger partial charge is 0.337 e. The molecule has 0 aromatic heterocycles. The fourth-order valence-electron chi connectivity index (χ4n) is 2.27. The van der Waals surface area contributed by atoms with Crippen molar-refractivity contribution in [2.45, 2.75) is 33.2 Å². The topological polar surface area (TPSA) is 83.6 Å². The van der Waals surface area contributed by atoms with Crippen molar-refractivity contribution in [3.8, 4) is 0 Å². The van der Waals surface area contributed by atoms with E-state index < -0.39 is 44.5 Å². The first-order chi connectivity index (χ1) is 10.9. The predicted octanol–water partition coefficient (Wildman–Crippen LogP) is 1.83. The Morgan fingerprint density at radius 2 is 1.67 bits per heavy atom. The predicted molar refractivity (Wildman–Crippen MR) is 90.8 cm³/mol. The summed E-state index contributed by atoms with van der Waals surface area (Å²) in [5.74, 6) is -3.31. The molecule has 6 nitrogen and oxygen atoms in total. The molecule has 1 rings (SSSR count). The van der Waals surface area contributed by atoms with Crippen molar-refractivity contribution in [2.75, 3.05) is 23.4 Å². The van der Waals surface area contributed by atoms with Gasteiger partial charge in [-0.15, -0.1) is 0 Å². The van der Waals surface area contributed by atoms with Gasteiger partial charge in [-0.3, -0.25) is 9.59 Å². The smallest absolute Gasteiger partial charge is 0.239 e. The van der Waals surface area contributed by atoms with Crippen LogP contribution in [0.5, 0.6) is 0 Å². The minimum atomic E-state index is -3.90. The number of rotatable bonds is 6. The molecule has 8 heteroatoms. The number of carbonyl (C=O) groups excluding carboxylic acids is 2. The molecule has 0 saturated carbocycles. The first kappa shape index (κ1) is 20.1. The van der Waals surface area contributed by atoms with Gasteiger partial charge in [-0.25, -0.2) is 12.8 Å². The van der Waals surface area contributed by atoms with Crippen LogP contribution in [0.4, 0.5) is 10.1 Å². The summed E-state index contributed by atoms with van der Waals surface area (Å²) in [6, 6.07) is 4.94. The van der Waals surface area contributed by atoms with Crippen molar-refractivity contribution in [1.82, 2.24) is 4.90 Å². The van der Waals surface area contributed by atoms with Crippen LogP contribution in [0.3, 0.4) is 0 Å². The van der Waals surface area contributed by atoms with Gasteiger partial charge in [0.25, 0.3) is 0 Å². The molecule has 0 unspecified atom stereocenters. The van der Waals surface area contributed by atoms with Crippen molar-refractivity contribution in [3.05, 3.63) is 30.1 Å². The SMILES string of the molecule is CCN(C(=O)CS(=O)(=O)CC(=O)Nc1ccc(F)cc1)C(C)(C)C. The van der Waals surface area contributed by atoms with Gasteiger partial charge >= 0.3 is 0 Å². The molecule has 0 aliphatic carbocycles. The van der Waals surface area contributed by atoms with Crippen molar-refractivity contribution in [3.63, 3.8) is 0 Å². The molecule has 0 fully saturated rings. The third-order valence-corrected chi connectivity index (χ3v) is 4.64. The molecule has 1 N–H and O–H groups in total. The zero-order valence-corrected chi connectivity index (χ0v) is 15.1. The van der Waals surface area contributed by atoms with Crippen LogP contribution in [0, 0.1) is 5.82 Å². The highest BCUT2D eigenvalue weighted by Gasteiger charge is 2.29. The number of halogens is 1. The lowest BCUT2D eigenvalue weighted by Crippen LogP contribution is -2.48. The molecule has 0 radical (unpaired) electrons. The van der Waals surface area contributed by atoms with E-state index in [1.807, 2.05) is 20.8 Å². The van der Waals surface area contributed by atoms with E-state index in [4.69, 9.17) is 0 Å². The summed E-state index contributed by atoms with van der Waals surface area (Å²) in [6.45, 7) is 7.56. The molecule has 0 bridgehead atoms. The molecule has 0 spiro atoms. The highest BCUT2D eigenvalue weighted by Crippen LogP contribution is 2.14. The van der Waals surface area contributed by atoms with Crippen LogP contribution in [0.1, 0.15) is 27.7 Å². The van der Waals surface area contributed by atoms with Gasteiger partial charge in [-0.2, -0.15) is 0 Å². The molecule has 24 heavy (non-hydrogen) atoms. The molecular formula is C16H23FN2O4S. The molecule has 0 saturated heterocycles. The first-order valence-electron chi connectivity index (χ1n) is 7.51. The number of amides is 2. The summed E-state index contributed by atoms with van der Waals surface area (Å²) in [4.78, 5) is 25.5. The highest BCUT2D eigenvalue weighted by atomic mass is 32.2. The van der Waals surface area contributed by atoms with Gasteiger partial charge in [-0.1, -0.05) is 0 Å². The zero-order valence-electron chi connectivity index (χ0n) is 14.3. The normalized spacial score (nSPS) is 11.9. The van der Waals surface area contributed by atoms with Gasteiger partial charge in [0.2, 0.25) is 11.8 Å². The molecule has 0 aliphatic heterocycles. The molecule has 134 valence electrons. The van der Waals surface area contributed by atoms with Gasteiger partial charge in [-0.05, 0) is 52.0 Å². The Morgan fingerprint density at radius 3 is 2.12 bits per heavy atom. The summed E-state index contributed by atoms with van der Waals surface area (Å²) >= 11 is 0. The van der Waals surface area contributed by atoms with Crippen LogP contribution >= 0.6 is 0 Å². The summed E-state index contributed by atoms with van der Waals surface area (Å²) in [5, 5.41) is 2.36. The van der Waals surface area contributed by atoms with E-state index >= 15 is 0 Å². The Labute approximate surface area is 142 Å². The van der Waals surface area contributed by atoms with Crippen LogP contribution in [-0.2, 0) is 19.4 Å². The lowest BCUT2D eigenvalue weighted by atomic mass is 10.1. The summed E-state index contributed by atoms with van der Waals surface area (Å²) in [6.07, 6.45) is 0. The van der Waals surface area contributed by atoms with Crippen LogP contribution in [0.2, 0.25) is 0 Å². The Balaban J connectivity index is 2.70. The van der Waals surface area contributed by atoms with Crippen molar-refractivity contribution >= 4 is 27.3 Å². The Hall–Kier alpha value is -1.96. The van der Waals surface area contributed by atoms with Crippen LogP contribution in [0.25, 0.3) is 0 Å². The maximum absolute atomic E-state index is 12.8. The minimum absolute atomic E-state index is 0.285. The molecule has 0 atom stereocenters. The maximum Gasteiger partial charge on any atom is 0.239 e. The number of sulfone groups is 1. The summed E-state index contributed by atoms with van der Waals surface area (Å²) in [5.41, 5.74) is -0.217. The lowest BCUT2D eigenvalue weighted by Gasteiger charge is -2.34. The molecule has 1 aromatic rings. The van der Waals surface area contributed by atoms with E-state index in [9.17, 15) is 22.4 Å². The fraction of sp³-hybridized carbons (Fsp3) is 0.500. The van der Waals surface area contributed by atoms with E-state index in [2.05, 4.69) is 5.32 Å². The van der Waals surface area contributed by atoms with Gasteiger partial charge < -0.3 is 10.2 Å². The average Bonchev–Trinajstić information content (AvgIpc) is 2.38. The fourth-order valence-corrected chi connectivity index (χ4v) is 3.38. The van der Waals surface area contributed by atoms with Gasteiger partial charge in [0.1, 0.15) is 17.3 Å². The zero-order chi connectivity index (χ0) is 18.5. The van der Waals surface area contributed by atoms with E-state index in [-0.39, 0.29) is 5.69 Å². The second-order valence-corrected chi connectivity index (χ2v) is 8.46. The van der Waals surface area contributed by atoms with E-state index in [0.29, 0.717) is 6.54 Å². The number of hydrogen-bond acceptors (Lipinski definition) is 4. The molecule has 0 heterocycles. The molecule has 0 aliphatic rings. The number of carbonyl (C=O) groups is 2. The molecule has 2 amide bonds. The third-order valence-electron chi connectivity index (χ3n) is 3.25. The van der Waals surface area contributed by atoms with Crippen molar-refractivity contribution < 1.29 is 22.4 Å². The summed E-state index contributed by atoms with van der Waals surface area (Å²) in [7, 11) is -3.90. The van der Waals surface area contributed by atoms with Crippen molar-refractivity contribution in [1.29, 1.82) is 0 Å². The Bertz CT molecular complexity index is 694. The highest BCUT2D eigenvalue weighted by molar-refractivity contribution is 7.92. The Kier molecular flexibility index (Phi) is 6.48. The molecule has 1 aromatic carbocycles. The third kappa shape index (κ3) is 6.27. The standard InChI is InChI=1S/C16H23FN2O4S/c1-5-19(16(2,3)4)15(21)11-24(22,23)10-14(20)18-13-8-6-12(17)7-9-13/h6-9H,5,10-11H2,1-4H3,(H,18,20). The minimum Gasteiger partial charge on any atom is -0.337 e. The monoisotopic (exact) mass is 358 g/mol. The van der Waals surface area contributed by atoms with Gasteiger partial charge in [0, 0.05) is 17.8 Å². The van der Waals surface area contributed by atoms with E-state index in [1.54, 1.807) is 6.92 Å².